The molecule has 1 unspecified atom stereocenters. The Morgan fingerprint density at radius 3 is 2.53 bits per heavy atom. The summed E-state index contributed by atoms with van der Waals surface area (Å²) >= 11 is 0. The molecular weight excluding hydrogens is 416 g/mol. The number of carbonyl (C=O) groups excluding carboxylic acids is 1. The Bertz CT molecular complexity index is 1130. The molecule has 166 valence electrons. The molecule has 9 heteroatoms. The molecule has 1 amide bonds. The average Bonchev–Trinajstić information content (AvgIpc) is 3.42. The van der Waals surface area contributed by atoms with E-state index in [1.807, 2.05) is 19.1 Å². The van der Waals surface area contributed by atoms with Crippen molar-refractivity contribution in [1.82, 2.24) is 15.2 Å². The van der Waals surface area contributed by atoms with Crippen molar-refractivity contribution in [3.8, 4) is 11.3 Å². The number of nitrogens with zero attached hydrogens (tertiary/aromatic N) is 3. The van der Waals surface area contributed by atoms with Gasteiger partial charge >= 0.3 is 0 Å². The highest BCUT2D eigenvalue weighted by Gasteiger charge is 2.40. The van der Waals surface area contributed by atoms with Crippen molar-refractivity contribution >= 4 is 17.4 Å². The number of carbonyl (C=O) groups is 1. The van der Waals surface area contributed by atoms with Gasteiger partial charge in [0.2, 0.25) is 0 Å². The van der Waals surface area contributed by atoms with Gasteiger partial charge in [-0.2, -0.15) is 5.10 Å². The monoisotopic (exact) mass is 439 g/mol. The third kappa shape index (κ3) is 3.73. The van der Waals surface area contributed by atoms with E-state index in [4.69, 9.17) is 4.74 Å². The largest absolute Gasteiger partial charge is 0.370 e. The first kappa shape index (κ1) is 20.6. The molecule has 0 saturated carbocycles. The first-order valence-electron chi connectivity index (χ1n) is 10.5. The number of hydrogen-bond donors (Lipinski definition) is 2. The molecule has 2 aliphatic heterocycles. The highest BCUT2D eigenvalue weighted by molar-refractivity contribution is 6.08. The highest BCUT2D eigenvalue weighted by Crippen LogP contribution is 2.39. The number of alkyl halides is 2. The lowest BCUT2D eigenvalue weighted by Crippen LogP contribution is -2.37. The van der Waals surface area contributed by atoms with Crippen LogP contribution in [0.2, 0.25) is 0 Å². The first-order chi connectivity index (χ1) is 15.3. The number of H-pyrrole nitrogens is 1. The first-order valence-corrected chi connectivity index (χ1v) is 10.5. The number of benzene rings is 1. The normalized spacial score (nSPS) is 21.9. The summed E-state index contributed by atoms with van der Waals surface area (Å²) in [6, 6.07) is 10.7. The zero-order valence-corrected chi connectivity index (χ0v) is 17.6. The van der Waals surface area contributed by atoms with Crippen molar-refractivity contribution in [2.24, 2.45) is 0 Å². The van der Waals surface area contributed by atoms with Gasteiger partial charge in [0.15, 0.2) is 5.82 Å². The summed E-state index contributed by atoms with van der Waals surface area (Å²) in [5.41, 5.74) is 2.81. The summed E-state index contributed by atoms with van der Waals surface area (Å²) in [4.78, 5) is 19.0. The van der Waals surface area contributed by atoms with Gasteiger partial charge in [0, 0.05) is 42.9 Å². The summed E-state index contributed by atoms with van der Waals surface area (Å²) in [5, 5.41) is 9.75. The molecule has 1 aromatic carbocycles. The molecule has 32 heavy (non-hydrogen) atoms. The van der Waals surface area contributed by atoms with Crippen LogP contribution < -0.4 is 10.2 Å². The third-order valence-electron chi connectivity index (χ3n) is 6.19. The summed E-state index contributed by atoms with van der Waals surface area (Å²) < 4.78 is 33.5. The molecule has 0 aliphatic carbocycles. The van der Waals surface area contributed by atoms with Crippen LogP contribution in [0.3, 0.4) is 0 Å². The number of ether oxygens (including phenoxy) is 1. The second-order valence-electron chi connectivity index (χ2n) is 8.42. The summed E-state index contributed by atoms with van der Waals surface area (Å²) in [6.45, 7) is 2.47. The fourth-order valence-corrected chi connectivity index (χ4v) is 4.16. The number of anilines is 2. The molecular formula is C23H23F2N5O2. The van der Waals surface area contributed by atoms with Gasteiger partial charge in [0.1, 0.15) is 0 Å². The van der Waals surface area contributed by atoms with Gasteiger partial charge in [0.25, 0.3) is 11.8 Å². The van der Waals surface area contributed by atoms with Crippen molar-refractivity contribution < 1.29 is 18.3 Å². The smallest absolute Gasteiger partial charge is 0.266 e. The Balaban J connectivity index is 1.47. The average molecular weight is 439 g/mol. The fraction of sp³-hybridized carbons (Fsp3) is 0.348. The number of aromatic nitrogens is 3. The predicted octanol–water partition coefficient (Wildman–Crippen LogP) is 4.20. The van der Waals surface area contributed by atoms with E-state index in [1.165, 1.54) is 4.90 Å². The molecule has 3 aromatic rings. The van der Waals surface area contributed by atoms with Crippen LogP contribution in [0.15, 0.2) is 48.8 Å². The number of nitrogens with one attached hydrogen (secondary N) is 2. The number of amides is 1. The van der Waals surface area contributed by atoms with Crippen LogP contribution >= 0.6 is 0 Å². The van der Waals surface area contributed by atoms with Gasteiger partial charge in [-0.1, -0.05) is 12.1 Å². The van der Waals surface area contributed by atoms with Gasteiger partial charge in [-0.05, 0) is 36.8 Å². The summed E-state index contributed by atoms with van der Waals surface area (Å²) in [5.74, 6) is -2.82. The standard InChI is InChI=1S/C23H23F2N5O2/c1-22(9-13-32-22)16-4-2-15(3-5-16)21(31)28-19-17(18-7-11-27-29-18)6-10-26-20(19)30-12-8-23(24,25)14-30/h2-7,10-11H,8-9,12-14H2,1H3,(H,27,29)(H,28,31). The van der Waals surface area contributed by atoms with Crippen molar-refractivity contribution in [2.75, 3.05) is 29.9 Å². The van der Waals surface area contributed by atoms with Crippen molar-refractivity contribution in [3.63, 3.8) is 0 Å². The Morgan fingerprint density at radius 2 is 1.94 bits per heavy atom. The van der Waals surface area contributed by atoms with Gasteiger partial charge in [-0.15, -0.1) is 0 Å². The molecule has 0 spiro atoms. The van der Waals surface area contributed by atoms with Gasteiger partial charge in [0.05, 0.1) is 30.1 Å². The molecule has 1 atom stereocenters. The lowest BCUT2D eigenvalue weighted by Gasteiger charge is -2.39. The maximum absolute atomic E-state index is 13.9. The molecule has 5 rings (SSSR count). The molecule has 2 aromatic heterocycles. The quantitative estimate of drug-likeness (QED) is 0.623. The van der Waals surface area contributed by atoms with Crippen LogP contribution in [-0.2, 0) is 10.3 Å². The number of pyridine rings is 1. The molecule has 2 aliphatic rings. The van der Waals surface area contributed by atoms with Gasteiger partial charge in [-0.25, -0.2) is 13.8 Å². The SMILES string of the molecule is CC1(c2ccc(C(=O)Nc3c(-c4ccn[nH]4)ccnc3N3CCC(F)(F)C3)cc2)CCO1. The minimum atomic E-state index is -2.79. The molecule has 2 N–H and O–H groups in total. The third-order valence-corrected chi connectivity index (χ3v) is 6.19. The van der Waals surface area contributed by atoms with E-state index in [0.717, 1.165) is 18.6 Å². The van der Waals surface area contributed by atoms with Crippen LogP contribution in [0.1, 0.15) is 35.7 Å². The van der Waals surface area contributed by atoms with Crippen LogP contribution in [0.4, 0.5) is 20.3 Å². The van der Waals surface area contributed by atoms with E-state index < -0.39 is 12.5 Å². The van der Waals surface area contributed by atoms with Crippen molar-refractivity contribution in [3.05, 3.63) is 59.9 Å². The number of rotatable bonds is 5. The molecule has 0 radical (unpaired) electrons. The lowest BCUT2D eigenvalue weighted by atomic mass is 9.88. The van der Waals surface area contributed by atoms with Crippen LogP contribution in [0, 0.1) is 0 Å². The maximum Gasteiger partial charge on any atom is 0.266 e. The van der Waals surface area contributed by atoms with Gasteiger partial charge < -0.3 is 15.0 Å². The highest BCUT2D eigenvalue weighted by atomic mass is 19.3. The maximum atomic E-state index is 13.9. The number of hydrogen-bond acceptors (Lipinski definition) is 5. The summed E-state index contributed by atoms with van der Waals surface area (Å²) in [7, 11) is 0. The predicted molar refractivity (Wildman–Crippen MR) is 116 cm³/mol. The van der Waals surface area contributed by atoms with E-state index in [-0.39, 0.29) is 24.5 Å². The number of halogens is 2. The van der Waals surface area contributed by atoms with E-state index in [2.05, 4.69) is 20.5 Å². The lowest BCUT2D eigenvalue weighted by molar-refractivity contribution is -0.140. The van der Waals surface area contributed by atoms with Crippen molar-refractivity contribution in [1.29, 1.82) is 0 Å². The topological polar surface area (TPSA) is 83.1 Å². The Kier molecular flexibility index (Phi) is 4.93. The molecule has 2 fully saturated rings. The Hall–Kier alpha value is -3.33. The van der Waals surface area contributed by atoms with Gasteiger partial charge in [-0.3, -0.25) is 9.89 Å². The van der Waals surface area contributed by atoms with E-state index in [1.54, 1.807) is 36.7 Å². The molecule has 4 heterocycles. The molecule has 2 saturated heterocycles. The van der Waals surface area contributed by atoms with Crippen LogP contribution in [0.25, 0.3) is 11.3 Å². The summed E-state index contributed by atoms with van der Waals surface area (Å²) in [6.07, 6.45) is 3.82. The van der Waals surface area contributed by atoms with E-state index in [9.17, 15) is 13.6 Å². The zero-order valence-electron chi connectivity index (χ0n) is 17.6. The second-order valence-corrected chi connectivity index (χ2v) is 8.42. The fourth-order valence-electron chi connectivity index (χ4n) is 4.16. The van der Waals surface area contributed by atoms with Crippen LogP contribution in [0.5, 0.6) is 0 Å². The van der Waals surface area contributed by atoms with E-state index in [0.29, 0.717) is 28.3 Å². The zero-order chi connectivity index (χ0) is 22.3. The Morgan fingerprint density at radius 1 is 1.16 bits per heavy atom. The minimum Gasteiger partial charge on any atom is -0.370 e. The Labute approximate surface area is 183 Å². The number of aromatic amines is 1. The molecule has 7 nitrogen and oxygen atoms in total. The van der Waals surface area contributed by atoms with Crippen LogP contribution in [-0.4, -0.2) is 46.7 Å². The second kappa shape index (κ2) is 7.67. The molecule has 0 bridgehead atoms. The minimum absolute atomic E-state index is 0.155. The van der Waals surface area contributed by atoms with Crippen molar-refractivity contribution in [2.45, 2.75) is 31.3 Å². The van der Waals surface area contributed by atoms with E-state index >= 15 is 0 Å².